The van der Waals surface area contributed by atoms with Gasteiger partial charge in [0.25, 0.3) is 0 Å². The Hall–Kier alpha value is -2.08. The van der Waals surface area contributed by atoms with Crippen LogP contribution in [-0.2, 0) is 20.9 Å². The molecule has 2 atom stereocenters. The van der Waals surface area contributed by atoms with Crippen molar-refractivity contribution in [1.29, 1.82) is 0 Å². The molecule has 0 radical (unpaired) electrons. The molecule has 0 aromatic heterocycles. The van der Waals surface area contributed by atoms with Gasteiger partial charge in [-0.05, 0) is 26.3 Å². The van der Waals surface area contributed by atoms with E-state index in [1.54, 1.807) is 20.8 Å². The number of nitrogens with zero attached hydrogens (tertiary/aromatic N) is 1. The van der Waals surface area contributed by atoms with Crippen molar-refractivity contribution in [3.8, 4) is 0 Å². The number of carbonyl (C=O) groups is 2. The van der Waals surface area contributed by atoms with Crippen LogP contribution in [0, 0.1) is 0 Å². The van der Waals surface area contributed by atoms with Crippen molar-refractivity contribution in [3.05, 3.63) is 35.9 Å². The lowest BCUT2D eigenvalue weighted by Crippen LogP contribution is -2.43. The van der Waals surface area contributed by atoms with Crippen LogP contribution in [0.1, 0.15) is 32.8 Å². The lowest BCUT2D eigenvalue weighted by atomic mass is 10.2. The fraction of sp³-hybridized carbons (Fsp3) is 0.529. The second-order valence-electron chi connectivity index (χ2n) is 6.64. The summed E-state index contributed by atoms with van der Waals surface area (Å²) in [4.78, 5) is 24.8. The normalized spacial score (nSPS) is 21.3. The van der Waals surface area contributed by atoms with Gasteiger partial charge in [-0.25, -0.2) is 9.59 Å². The number of ether oxygens (including phenoxy) is 2. The van der Waals surface area contributed by atoms with Crippen molar-refractivity contribution < 1.29 is 24.2 Å². The third-order valence-corrected chi connectivity index (χ3v) is 3.50. The van der Waals surface area contributed by atoms with E-state index in [0.29, 0.717) is 6.61 Å². The van der Waals surface area contributed by atoms with Crippen LogP contribution in [0.3, 0.4) is 0 Å². The Morgan fingerprint density at radius 2 is 1.91 bits per heavy atom. The van der Waals surface area contributed by atoms with Gasteiger partial charge in [0.2, 0.25) is 0 Å². The molecular formula is C17H23NO5. The molecule has 1 saturated heterocycles. The first-order valence-electron chi connectivity index (χ1n) is 7.64. The zero-order chi connectivity index (χ0) is 17.0. The first-order valence-corrected chi connectivity index (χ1v) is 7.64. The quantitative estimate of drug-likeness (QED) is 0.922. The van der Waals surface area contributed by atoms with Crippen LogP contribution in [0.15, 0.2) is 30.3 Å². The van der Waals surface area contributed by atoms with Gasteiger partial charge >= 0.3 is 12.1 Å². The number of rotatable bonds is 4. The summed E-state index contributed by atoms with van der Waals surface area (Å²) in [5, 5.41) is 9.33. The highest BCUT2D eigenvalue weighted by atomic mass is 16.6. The zero-order valence-corrected chi connectivity index (χ0v) is 13.7. The molecule has 1 aromatic carbocycles. The van der Waals surface area contributed by atoms with Gasteiger partial charge in [0.1, 0.15) is 11.6 Å². The highest BCUT2D eigenvalue weighted by Gasteiger charge is 2.42. The van der Waals surface area contributed by atoms with Crippen molar-refractivity contribution in [2.75, 3.05) is 6.54 Å². The van der Waals surface area contributed by atoms with Crippen molar-refractivity contribution in [2.45, 2.75) is 51.5 Å². The van der Waals surface area contributed by atoms with Gasteiger partial charge in [-0.15, -0.1) is 0 Å². The van der Waals surface area contributed by atoms with Gasteiger partial charge in [0, 0.05) is 6.42 Å². The van der Waals surface area contributed by atoms with Crippen molar-refractivity contribution in [2.24, 2.45) is 0 Å². The Kier molecular flexibility index (Phi) is 5.26. The summed E-state index contributed by atoms with van der Waals surface area (Å²) in [5.74, 6) is -1.04. The van der Waals surface area contributed by atoms with Crippen molar-refractivity contribution in [3.63, 3.8) is 0 Å². The predicted molar refractivity (Wildman–Crippen MR) is 84.0 cm³/mol. The summed E-state index contributed by atoms with van der Waals surface area (Å²) < 4.78 is 11.0. The molecule has 1 N–H and O–H groups in total. The van der Waals surface area contributed by atoms with Gasteiger partial charge in [0.05, 0.1) is 19.3 Å². The summed E-state index contributed by atoms with van der Waals surface area (Å²) in [6.45, 7) is 5.86. The molecule has 1 heterocycles. The number of carboxylic acids is 1. The Morgan fingerprint density at radius 3 is 2.48 bits per heavy atom. The molecule has 1 aliphatic heterocycles. The van der Waals surface area contributed by atoms with E-state index in [-0.39, 0.29) is 19.1 Å². The number of carboxylic acid groups (broad SMARTS) is 1. The minimum atomic E-state index is -1.04. The Bertz CT molecular complexity index is 552. The van der Waals surface area contributed by atoms with Gasteiger partial charge in [-0.1, -0.05) is 30.3 Å². The molecule has 6 heteroatoms. The summed E-state index contributed by atoms with van der Waals surface area (Å²) in [7, 11) is 0. The Morgan fingerprint density at radius 1 is 1.26 bits per heavy atom. The van der Waals surface area contributed by atoms with Crippen LogP contribution in [0.5, 0.6) is 0 Å². The van der Waals surface area contributed by atoms with Crippen LogP contribution < -0.4 is 0 Å². The van der Waals surface area contributed by atoms with E-state index in [0.717, 1.165) is 5.56 Å². The highest BCUT2D eigenvalue weighted by molar-refractivity contribution is 5.81. The fourth-order valence-electron chi connectivity index (χ4n) is 2.46. The number of carbonyl (C=O) groups excluding carboxylic acids is 1. The van der Waals surface area contributed by atoms with Crippen LogP contribution in [0.2, 0.25) is 0 Å². The molecule has 1 aromatic rings. The number of likely N-dealkylation sites (tertiary alicyclic amines) is 1. The van der Waals surface area contributed by atoms with E-state index in [4.69, 9.17) is 9.47 Å². The maximum atomic E-state index is 12.2. The first-order chi connectivity index (χ1) is 10.8. The van der Waals surface area contributed by atoms with Gasteiger partial charge < -0.3 is 14.6 Å². The van der Waals surface area contributed by atoms with E-state index in [1.165, 1.54) is 4.90 Å². The molecule has 1 fully saturated rings. The predicted octanol–water partition coefficient (Wildman–Crippen LogP) is 2.67. The largest absolute Gasteiger partial charge is 0.480 e. The Balaban J connectivity index is 1.97. The van der Waals surface area contributed by atoms with E-state index >= 15 is 0 Å². The zero-order valence-electron chi connectivity index (χ0n) is 13.7. The topological polar surface area (TPSA) is 76.1 Å². The average molecular weight is 321 g/mol. The minimum absolute atomic E-state index is 0.221. The van der Waals surface area contributed by atoms with E-state index in [1.807, 2.05) is 30.3 Å². The van der Waals surface area contributed by atoms with Crippen molar-refractivity contribution >= 4 is 12.1 Å². The van der Waals surface area contributed by atoms with E-state index in [9.17, 15) is 14.7 Å². The lowest BCUT2D eigenvalue weighted by Gasteiger charge is -2.26. The molecule has 1 amide bonds. The number of aliphatic carboxylic acids is 1. The molecule has 126 valence electrons. The Labute approximate surface area is 136 Å². The third-order valence-electron chi connectivity index (χ3n) is 3.50. The second kappa shape index (κ2) is 7.00. The second-order valence-corrected chi connectivity index (χ2v) is 6.64. The summed E-state index contributed by atoms with van der Waals surface area (Å²) >= 11 is 0. The van der Waals surface area contributed by atoms with Crippen molar-refractivity contribution in [1.82, 2.24) is 4.90 Å². The fourth-order valence-corrected chi connectivity index (χ4v) is 2.46. The maximum absolute atomic E-state index is 12.2. The van der Waals surface area contributed by atoms with Crippen LogP contribution in [0.25, 0.3) is 0 Å². The van der Waals surface area contributed by atoms with Crippen LogP contribution in [-0.4, -0.2) is 46.4 Å². The average Bonchev–Trinajstić information content (AvgIpc) is 2.89. The lowest BCUT2D eigenvalue weighted by molar-refractivity contribution is -0.142. The standard InChI is InChI=1S/C17H23NO5/c1-17(2,3)23-16(21)18-10-13(9-14(18)15(19)20)22-11-12-7-5-4-6-8-12/h4-8,13-14H,9-11H2,1-3H3,(H,19,20)/t13-,14-/m1/s1. The molecule has 0 unspecified atom stereocenters. The van der Waals surface area contributed by atoms with Crippen LogP contribution in [0.4, 0.5) is 4.79 Å². The first kappa shape index (κ1) is 17.3. The molecule has 0 saturated carbocycles. The summed E-state index contributed by atoms with van der Waals surface area (Å²) in [6, 6.07) is 8.72. The number of benzene rings is 1. The van der Waals surface area contributed by atoms with Crippen LogP contribution >= 0.6 is 0 Å². The molecule has 0 spiro atoms. The number of hydrogen-bond donors (Lipinski definition) is 1. The van der Waals surface area contributed by atoms with Gasteiger partial charge in [-0.3, -0.25) is 4.90 Å². The number of hydrogen-bond acceptors (Lipinski definition) is 4. The van der Waals surface area contributed by atoms with Gasteiger partial charge in [-0.2, -0.15) is 0 Å². The SMILES string of the molecule is CC(C)(C)OC(=O)N1C[C@H](OCc2ccccc2)C[C@@H]1C(=O)O. The van der Waals surface area contributed by atoms with Gasteiger partial charge in [0.15, 0.2) is 0 Å². The smallest absolute Gasteiger partial charge is 0.411 e. The monoisotopic (exact) mass is 321 g/mol. The third kappa shape index (κ3) is 4.96. The highest BCUT2D eigenvalue weighted by Crippen LogP contribution is 2.24. The molecule has 0 bridgehead atoms. The molecule has 2 rings (SSSR count). The molecular weight excluding hydrogens is 298 g/mol. The molecule has 0 aliphatic carbocycles. The molecule has 6 nitrogen and oxygen atoms in total. The maximum Gasteiger partial charge on any atom is 0.411 e. The van der Waals surface area contributed by atoms with E-state index < -0.39 is 23.7 Å². The summed E-state index contributed by atoms with van der Waals surface area (Å²) in [5.41, 5.74) is 0.346. The molecule has 1 aliphatic rings. The van der Waals surface area contributed by atoms with E-state index in [2.05, 4.69) is 0 Å². The number of amides is 1. The summed E-state index contributed by atoms with van der Waals surface area (Å²) in [6.07, 6.45) is -0.666. The minimum Gasteiger partial charge on any atom is -0.480 e. The molecule has 23 heavy (non-hydrogen) atoms.